The molecule has 1 heterocycles. The summed E-state index contributed by atoms with van der Waals surface area (Å²) in [6.45, 7) is 2.03. The van der Waals surface area contributed by atoms with E-state index in [0.717, 1.165) is 16.5 Å². The first-order chi connectivity index (χ1) is 13.7. The van der Waals surface area contributed by atoms with Crippen LogP contribution in [-0.2, 0) is 4.79 Å². The van der Waals surface area contributed by atoms with Crippen molar-refractivity contribution in [1.29, 1.82) is 0 Å². The van der Waals surface area contributed by atoms with Crippen LogP contribution in [0.3, 0.4) is 0 Å². The maximum atomic E-state index is 12.5. The van der Waals surface area contributed by atoms with Crippen LogP contribution in [0, 0.1) is 0 Å². The zero-order valence-electron chi connectivity index (χ0n) is 16.0. The molecule has 2 aliphatic rings. The fraction of sp³-hybridized carbons (Fsp3) is 0.409. The van der Waals surface area contributed by atoms with Crippen molar-refractivity contribution in [3.8, 4) is 0 Å². The topological polar surface area (TPSA) is 59.8 Å². The van der Waals surface area contributed by atoms with Gasteiger partial charge in [-0.25, -0.2) is 0 Å². The summed E-state index contributed by atoms with van der Waals surface area (Å²) in [4.78, 5) is 12.5. The Labute approximate surface area is 168 Å². The summed E-state index contributed by atoms with van der Waals surface area (Å²) in [5.74, 6) is 2.12. The fourth-order valence-electron chi connectivity index (χ4n) is 3.66. The van der Waals surface area contributed by atoms with E-state index in [9.17, 15) is 4.79 Å². The summed E-state index contributed by atoms with van der Waals surface area (Å²) >= 11 is 1.51. The number of nitrogens with one attached hydrogen (secondary N) is 1. The van der Waals surface area contributed by atoms with E-state index in [-0.39, 0.29) is 11.9 Å². The first-order valence-corrected chi connectivity index (χ1v) is 11.0. The molecule has 2 aromatic carbocycles. The molecule has 144 valence electrons. The second-order valence-electron chi connectivity index (χ2n) is 7.90. The van der Waals surface area contributed by atoms with Crippen LogP contribution in [0.1, 0.15) is 62.0 Å². The van der Waals surface area contributed by atoms with Gasteiger partial charge in [-0.2, -0.15) is 0 Å². The number of hydrogen-bond donors (Lipinski definition) is 1. The Morgan fingerprint density at radius 3 is 2.68 bits per heavy atom. The molecule has 2 fully saturated rings. The molecule has 0 bridgehead atoms. The quantitative estimate of drug-likeness (QED) is 0.596. The number of rotatable bonds is 7. The summed E-state index contributed by atoms with van der Waals surface area (Å²) < 4.78 is 2.29. The Morgan fingerprint density at radius 2 is 1.93 bits per heavy atom. The van der Waals surface area contributed by atoms with Gasteiger partial charge in [0.15, 0.2) is 5.16 Å². The van der Waals surface area contributed by atoms with E-state index >= 15 is 0 Å². The molecule has 0 aliphatic heterocycles. The van der Waals surface area contributed by atoms with Crippen molar-refractivity contribution in [2.45, 2.75) is 55.8 Å². The molecule has 2 saturated carbocycles. The molecular weight excluding hydrogens is 368 g/mol. The summed E-state index contributed by atoms with van der Waals surface area (Å²) in [5.41, 5.74) is 1.12. The Bertz CT molecular complexity index is 1020. The lowest BCUT2D eigenvalue weighted by Crippen LogP contribution is -2.28. The summed E-state index contributed by atoms with van der Waals surface area (Å²) in [6, 6.07) is 15.2. The van der Waals surface area contributed by atoms with E-state index in [0.29, 0.717) is 17.7 Å². The van der Waals surface area contributed by atoms with Gasteiger partial charge in [0.1, 0.15) is 5.82 Å². The number of carbonyl (C=O) groups is 1. The Hall–Kier alpha value is -2.34. The van der Waals surface area contributed by atoms with Gasteiger partial charge in [-0.3, -0.25) is 4.79 Å². The molecular formula is C22H24N4OS. The van der Waals surface area contributed by atoms with E-state index in [1.165, 1.54) is 48.2 Å². The maximum absolute atomic E-state index is 12.5. The summed E-state index contributed by atoms with van der Waals surface area (Å²) in [7, 11) is 0. The van der Waals surface area contributed by atoms with Crippen molar-refractivity contribution in [2.24, 2.45) is 0 Å². The first kappa shape index (κ1) is 17.7. The molecule has 1 amide bonds. The Kier molecular flexibility index (Phi) is 4.59. The van der Waals surface area contributed by atoms with Gasteiger partial charge in [0.05, 0.1) is 11.8 Å². The number of fused-ring (bicyclic) bond motifs is 1. The van der Waals surface area contributed by atoms with Gasteiger partial charge in [0.25, 0.3) is 0 Å². The molecule has 2 aliphatic carbocycles. The monoisotopic (exact) mass is 392 g/mol. The van der Waals surface area contributed by atoms with Crippen LogP contribution in [-0.4, -0.2) is 26.4 Å². The van der Waals surface area contributed by atoms with E-state index in [4.69, 9.17) is 0 Å². The molecule has 0 unspecified atom stereocenters. The largest absolute Gasteiger partial charge is 0.349 e. The minimum Gasteiger partial charge on any atom is -0.349 e. The van der Waals surface area contributed by atoms with Crippen LogP contribution in [0.25, 0.3) is 10.8 Å². The minimum absolute atomic E-state index is 0.0268. The lowest BCUT2D eigenvalue weighted by Gasteiger charge is -2.15. The lowest BCUT2D eigenvalue weighted by molar-refractivity contribution is -0.119. The van der Waals surface area contributed by atoms with Gasteiger partial charge < -0.3 is 9.88 Å². The van der Waals surface area contributed by atoms with Crippen molar-refractivity contribution < 1.29 is 4.79 Å². The van der Waals surface area contributed by atoms with E-state index in [1.807, 2.05) is 19.1 Å². The van der Waals surface area contributed by atoms with Gasteiger partial charge >= 0.3 is 0 Å². The fourth-order valence-corrected chi connectivity index (χ4v) is 4.48. The van der Waals surface area contributed by atoms with Crippen molar-refractivity contribution in [3.63, 3.8) is 0 Å². The van der Waals surface area contributed by atoms with E-state index in [1.54, 1.807) is 0 Å². The third-order valence-electron chi connectivity index (χ3n) is 5.53. The van der Waals surface area contributed by atoms with Crippen LogP contribution in [0.2, 0.25) is 0 Å². The number of nitrogens with zero attached hydrogens (tertiary/aromatic N) is 3. The van der Waals surface area contributed by atoms with Gasteiger partial charge in [0.2, 0.25) is 5.91 Å². The molecule has 1 atom stereocenters. The van der Waals surface area contributed by atoms with Crippen LogP contribution in [0.15, 0.2) is 47.6 Å². The van der Waals surface area contributed by atoms with Crippen molar-refractivity contribution in [2.75, 3.05) is 5.75 Å². The predicted molar refractivity (Wildman–Crippen MR) is 111 cm³/mol. The Morgan fingerprint density at radius 1 is 1.14 bits per heavy atom. The highest BCUT2D eigenvalue weighted by Gasteiger charge is 2.36. The van der Waals surface area contributed by atoms with Crippen LogP contribution < -0.4 is 5.32 Å². The SMILES string of the molecule is C[C@@H](NC(=O)CSc1nnc(C2CC2)n1C1CC1)c1ccc2ccccc2c1. The molecule has 5 rings (SSSR count). The first-order valence-electron chi connectivity index (χ1n) is 10.0. The normalized spacial score (nSPS) is 17.6. The summed E-state index contributed by atoms with van der Waals surface area (Å²) in [5, 5.41) is 15.2. The second-order valence-corrected chi connectivity index (χ2v) is 8.84. The highest BCUT2D eigenvalue weighted by Crippen LogP contribution is 2.45. The van der Waals surface area contributed by atoms with Gasteiger partial charge in [-0.05, 0) is 55.0 Å². The smallest absolute Gasteiger partial charge is 0.230 e. The van der Waals surface area contributed by atoms with E-state index in [2.05, 4.69) is 50.4 Å². The van der Waals surface area contributed by atoms with Gasteiger partial charge in [0, 0.05) is 12.0 Å². The lowest BCUT2D eigenvalue weighted by atomic mass is 10.0. The zero-order chi connectivity index (χ0) is 19.1. The maximum Gasteiger partial charge on any atom is 0.230 e. The standard InChI is InChI=1S/C22H24N4OS/c1-14(17-9-6-15-4-2-3-5-18(15)12-17)23-20(27)13-28-22-25-24-21(16-7-8-16)26(22)19-10-11-19/h2-6,9,12,14,16,19H,7-8,10-11,13H2,1H3,(H,23,27)/t14-/m1/s1. The number of amides is 1. The predicted octanol–water partition coefficient (Wildman–Crippen LogP) is 4.61. The van der Waals surface area contributed by atoms with Gasteiger partial charge in [-0.1, -0.05) is 48.2 Å². The zero-order valence-corrected chi connectivity index (χ0v) is 16.8. The average Bonchev–Trinajstić information content (AvgIpc) is 3.64. The van der Waals surface area contributed by atoms with Crippen molar-refractivity contribution in [1.82, 2.24) is 20.1 Å². The molecule has 3 aromatic rings. The van der Waals surface area contributed by atoms with Crippen LogP contribution >= 0.6 is 11.8 Å². The molecule has 0 saturated heterocycles. The molecule has 28 heavy (non-hydrogen) atoms. The Balaban J connectivity index is 1.22. The highest BCUT2D eigenvalue weighted by atomic mass is 32.2. The van der Waals surface area contributed by atoms with Gasteiger partial charge in [-0.15, -0.1) is 10.2 Å². The van der Waals surface area contributed by atoms with E-state index < -0.39 is 0 Å². The molecule has 1 N–H and O–H groups in total. The number of benzene rings is 2. The molecule has 6 heteroatoms. The number of hydrogen-bond acceptors (Lipinski definition) is 4. The second kappa shape index (κ2) is 7.24. The number of aromatic nitrogens is 3. The highest BCUT2D eigenvalue weighted by molar-refractivity contribution is 7.99. The van der Waals surface area contributed by atoms with Crippen molar-refractivity contribution >= 4 is 28.4 Å². The molecule has 0 radical (unpaired) electrons. The van der Waals surface area contributed by atoms with Crippen molar-refractivity contribution in [3.05, 3.63) is 53.9 Å². The third-order valence-corrected chi connectivity index (χ3v) is 6.47. The van der Waals surface area contributed by atoms with Crippen LogP contribution in [0.5, 0.6) is 0 Å². The molecule has 1 aromatic heterocycles. The minimum atomic E-state index is -0.0268. The molecule has 5 nitrogen and oxygen atoms in total. The molecule has 0 spiro atoms. The number of thioether (sulfide) groups is 1. The summed E-state index contributed by atoms with van der Waals surface area (Å²) in [6.07, 6.45) is 4.85. The number of carbonyl (C=O) groups excluding carboxylic acids is 1. The van der Waals surface area contributed by atoms with Crippen LogP contribution in [0.4, 0.5) is 0 Å². The third kappa shape index (κ3) is 3.65. The average molecular weight is 393 g/mol.